The molecule has 1 unspecified atom stereocenters. The number of aryl methyl sites for hydroxylation is 2. The van der Waals surface area contributed by atoms with E-state index in [4.69, 9.17) is 9.26 Å². The van der Waals surface area contributed by atoms with Gasteiger partial charge in [0.05, 0.1) is 13.0 Å². The van der Waals surface area contributed by atoms with Crippen LogP contribution in [-0.4, -0.2) is 50.6 Å². The first-order chi connectivity index (χ1) is 15.1. The minimum absolute atomic E-state index is 0.0284. The van der Waals surface area contributed by atoms with Crippen molar-refractivity contribution in [1.29, 1.82) is 0 Å². The van der Waals surface area contributed by atoms with Gasteiger partial charge in [-0.25, -0.2) is 8.42 Å². The topological polar surface area (TPSA) is 111 Å². The third-order valence-electron chi connectivity index (χ3n) is 5.23. The van der Waals surface area contributed by atoms with Crippen LogP contribution in [0.2, 0.25) is 0 Å². The molecule has 9 nitrogen and oxygen atoms in total. The quantitative estimate of drug-likeness (QED) is 0.627. The molecule has 0 saturated carbocycles. The molecule has 1 fully saturated rings. The largest absolute Gasteiger partial charge is 0.493 e. The molecular weight excluding hydrogens is 448 g/mol. The molecule has 0 aliphatic carbocycles. The van der Waals surface area contributed by atoms with E-state index in [2.05, 4.69) is 15.2 Å². The molecule has 1 N–H and O–H groups in total. The molecule has 1 atom stereocenters. The number of hydrogen-bond acceptors (Lipinski definition) is 7. The van der Waals surface area contributed by atoms with E-state index in [1.807, 2.05) is 0 Å². The molecule has 1 aromatic carbocycles. The Kier molecular flexibility index (Phi) is 7.34. The predicted octanol–water partition coefficient (Wildman–Crippen LogP) is 2.62. The minimum Gasteiger partial charge on any atom is -0.493 e. The summed E-state index contributed by atoms with van der Waals surface area (Å²) in [4.78, 5) is 12.7. The maximum atomic E-state index is 13.0. The van der Waals surface area contributed by atoms with Crippen molar-refractivity contribution in [2.75, 3.05) is 20.2 Å². The van der Waals surface area contributed by atoms with Gasteiger partial charge in [0.2, 0.25) is 15.9 Å². The molecule has 1 aliphatic heterocycles. The zero-order valence-electron chi connectivity index (χ0n) is 17.9. The summed E-state index contributed by atoms with van der Waals surface area (Å²) in [6.07, 6.45) is 1.05. The average Bonchev–Trinajstić information content (AvgIpc) is 3.10. The molecule has 0 bridgehead atoms. The number of methoxy groups -OCH3 is 1. The summed E-state index contributed by atoms with van der Waals surface area (Å²) < 4.78 is 67.0. The smallest absolute Gasteiger partial charge is 0.387 e. The number of sulfonamides is 1. The van der Waals surface area contributed by atoms with Gasteiger partial charge in [0, 0.05) is 19.6 Å². The summed E-state index contributed by atoms with van der Waals surface area (Å²) >= 11 is 0. The Balaban J connectivity index is 1.66. The monoisotopic (exact) mass is 473 g/mol. The van der Waals surface area contributed by atoms with Gasteiger partial charge in [-0.05, 0) is 44.4 Å². The molecule has 3 rings (SSSR count). The lowest BCUT2D eigenvalue weighted by atomic mass is 9.98. The fourth-order valence-electron chi connectivity index (χ4n) is 3.70. The van der Waals surface area contributed by atoms with Gasteiger partial charge in [-0.15, -0.1) is 0 Å². The van der Waals surface area contributed by atoms with Gasteiger partial charge in [0.15, 0.2) is 17.3 Å². The minimum atomic E-state index is -3.84. The fraction of sp³-hybridized carbons (Fsp3) is 0.500. The van der Waals surface area contributed by atoms with Gasteiger partial charge < -0.3 is 19.3 Å². The number of alkyl halides is 2. The van der Waals surface area contributed by atoms with Crippen LogP contribution in [0.4, 0.5) is 8.78 Å². The number of halogens is 2. The highest BCUT2D eigenvalue weighted by molar-refractivity contribution is 7.89. The summed E-state index contributed by atoms with van der Waals surface area (Å²) in [5, 5.41) is 6.45. The number of hydrogen-bond donors (Lipinski definition) is 1. The van der Waals surface area contributed by atoms with Crippen molar-refractivity contribution in [2.45, 2.75) is 44.7 Å². The second-order valence-electron chi connectivity index (χ2n) is 7.44. The van der Waals surface area contributed by atoms with Crippen molar-refractivity contribution in [3.63, 3.8) is 0 Å². The van der Waals surface area contributed by atoms with E-state index in [9.17, 15) is 22.0 Å². The third-order valence-corrected chi connectivity index (χ3v) is 7.34. The lowest BCUT2D eigenvalue weighted by Gasteiger charge is -2.31. The van der Waals surface area contributed by atoms with E-state index in [-0.39, 0.29) is 46.8 Å². The summed E-state index contributed by atoms with van der Waals surface area (Å²) in [5.41, 5.74) is 0.807. The first kappa shape index (κ1) is 23.9. The highest BCUT2D eigenvalue weighted by Crippen LogP contribution is 2.30. The maximum Gasteiger partial charge on any atom is 0.387 e. The molecule has 12 heteroatoms. The zero-order chi connectivity index (χ0) is 23.5. The number of benzene rings is 1. The number of carbonyl (C=O) groups excluding carboxylic acids is 1. The van der Waals surface area contributed by atoms with Crippen molar-refractivity contribution in [3.05, 3.63) is 35.2 Å². The molecule has 0 spiro atoms. The van der Waals surface area contributed by atoms with E-state index in [1.165, 1.54) is 30.5 Å². The van der Waals surface area contributed by atoms with Gasteiger partial charge in [-0.3, -0.25) is 4.79 Å². The standard InChI is InChI=1S/C20H25F2N3O6S/c1-12-18(13(2)31-24-12)32(27,28)25-8-4-5-15(11-25)19(26)23-10-14-6-7-16(29-3)17(9-14)30-20(21)22/h6-7,9,15,20H,4-5,8,10-11H2,1-3H3,(H,23,26). The van der Waals surface area contributed by atoms with Crippen LogP contribution < -0.4 is 14.8 Å². The number of nitrogens with zero attached hydrogens (tertiary/aromatic N) is 2. The van der Waals surface area contributed by atoms with E-state index in [0.717, 1.165) is 0 Å². The van der Waals surface area contributed by atoms with E-state index in [0.29, 0.717) is 24.9 Å². The zero-order valence-corrected chi connectivity index (χ0v) is 18.7. The highest BCUT2D eigenvalue weighted by Gasteiger charge is 2.36. The van der Waals surface area contributed by atoms with Crippen molar-refractivity contribution >= 4 is 15.9 Å². The molecule has 1 amide bonds. The van der Waals surface area contributed by atoms with E-state index >= 15 is 0 Å². The van der Waals surface area contributed by atoms with Crippen LogP contribution in [0.5, 0.6) is 11.5 Å². The summed E-state index contributed by atoms with van der Waals surface area (Å²) in [7, 11) is -2.51. The molecule has 32 heavy (non-hydrogen) atoms. The van der Waals surface area contributed by atoms with Crippen LogP contribution in [0.1, 0.15) is 29.9 Å². The molecule has 1 aromatic heterocycles. The maximum absolute atomic E-state index is 13.0. The number of carbonyl (C=O) groups is 1. The van der Waals surface area contributed by atoms with Gasteiger partial charge in [0.25, 0.3) is 0 Å². The summed E-state index contributed by atoms with van der Waals surface area (Å²) in [6.45, 7) is 0.459. The van der Waals surface area contributed by atoms with Gasteiger partial charge in [-0.1, -0.05) is 11.2 Å². The normalized spacial score (nSPS) is 17.4. The van der Waals surface area contributed by atoms with Gasteiger partial charge in [0.1, 0.15) is 10.6 Å². The van der Waals surface area contributed by atoms with E-state index < -0.39 is 22.6 Å². The predicted molar refractivity (Wildman–Crippen MR) is 109 cm³/mol. The number of aromatic nitrogens is 1. The Morgan fingerprint density at radius 2 is 2.09 bits per heavy atom. The number of ether oxygens (including phenoxy) is 2. The number of nitrogens with one attached hydrogen (secondary N) is 1. The second kappa shape index (κ2) is 9.82. The Morgan fingerprint density at radius 3 is 2.72 bits per heavy atom. The molecule has 1 saturated heterocycles. The Labute approximate surface area is 184 Å². The van der Waals surface area contributed by atoms with Crippen molar-refractivity contribution < 1.29 is 36.0 Å². The van der Waals surface area contributed by atoms with Crippen LogP contribution in [0.3, 0.4) is 0 Å². The number of piperidine rings is 1. The Hall–Kier alpha value is -2.73. The average molecular weight is 473 g/mol. The molecule has 2 aromatic rings. The third kappa shape index (κ3) is 5.18. The van der Waals surface area contributed by atoms with Gasteiger partial charge in [-0.2, -0.15) is 13.1 Å². The molecular formula is C20H25F2N3O6S. The highest BCUT2D eigenvalue weighted by atomic mass is 32.2. The van der Waals surface area contributed by atoms with Crippen molar-refractivity contribution in [3.8, 4) is 11.5 Å². The SMILES string of the molecule is COc1ccc(CNC(=O)C2CCCN(S(=O)(=O)c3c(C)noc3C)C2)cc1OC(F)F. The number of amides is 1. The summed E-state index contributed by atoms with van der Waals surface area (Å²) in [5.74, 6) is -0.656. The first-order valence-electron chi connectivity index (χ1n) is 9.96. The fourth-order valence-corrected chi connectivity index (χ4v) is 5.51. The molecule has 1 aliphatic rings. The second-order valence-corrected chi connectivity index (χ2v) is 9.31. The van der Waals surface area contributed by atoms with Crippen LogP contribution >= 0.6 is 0 Å². The lowest BCUT2D eigenvalue weighted by molar-refractivity contribution is -0.126. The van der Waals surface area contributed by atoms with E-state index in [1.54, 1.807) is 13.0 Å². The molecule has 0 radical (unpaired) electrons. The van der Waals surface area contributed by atoms with Crippen LogP contribution in [-0.2, 0) is 21.4 Å². The number of rotatable bonds is 8. The van der Waals surface area contributed by atoms with Crippen molar-refractivity contribution in [2.24, 2.45) is 5.92 Å². The van der Waals surface area contributed by atoms with Crippen molar-refractivity contribution in [1.82, 2.24) is 14.8 Å². The van der Waals surface area contributed by atoms with Gasteiger partial charge >= 0.3 is 6.61 Å². The van der Waals surface area contributed by atoms with Crippen LogP contribution in [0, 0.1) is 19.8 Å². The Morgan fingerprint density at radius 1 is 1.34 bits per heavy atom. The van der Waals surface area contributed by atoms with Crippen LogP contribution in [0.15, 0.2) is 27.6 Å². The molecule has 176 valence electrons. The molecule has 2 heterocycles. The summed E-state index contributed by atoms with van der Waals surface area (Å²) in [6, 6.07) is 4.45. The first-order valence-corrected chi connectivity index (χ1v) is 11.4. The lowest BCUT2D eigenvalue weighted by Crippen LogP contribution is -2.45. The Bertz CT molecular complexity index is 1050. The van der Waals surface area contributed by atoms with Crippen LogP contribution in [0.25, 0.3) is 0 Å².